The van der Waals surface area contributed by atoms with Crippen LogP contribution in [0, 0.1) is 0 Å². The number of ether oxygens (including phenoxy) is 3. The summed E-state index contributed by atoms with van der Waals surface area (Å²) in [6.07, 6.45) is 6.61. The van der Waals surface area contributed by atoms with Gasteiger partial charge in [-0.2, -0.15) is 0 Å². The number of carbonyl (C=O) groups is 1. The molecule has 0 atom stereocenters. The van der Waals surface area contributed by atoms with E-state index in [-0.39, 0.29) is 5.97 Å². The molecule has 6 heteroatoms. The molecule has 5 nitrogen and oxygen atoms in total. The van der Waals surface area contributed by atoms with E-state index >= 15 is 0 Å². The summed E-state index contributed by atoms with van der Waals surface area (Å²) in [5.74, 6) is -0.225. The van der Waals surface area contributed by atoms with E-state index in [1.807, 2.05) is 26.0 Å². The van der Waals surface area contributed by atoms with Gasteiger partial charge in [-0.05, 0) is 0 Å². The molecule has 0 unspecified atom stereocenters. The van der Waals surface area contributed by atoms with Gasteiger partial charge < -0.3 is 0 Å². The van der Waals surface area contributed by atoms with E-state index in [9.17, 15) is 4.79 Å². The first-order valence-corrected chi connectivity index (χ1v) is 20.5. The van der Waals surface area contributed by atoms with Crippen LogP contribution in [-0.4, -0.2) is 49.2 Å². The van der Waals surface area contributed by atoms with Crippen LogP contribution < -0.4 is 3.71 Å². The fourth-order valence-electron chi connectivity index (χ4n) is 5.07. The molecule has 0 saturated carbocycles. The molecule has 0 aliphatic carbocycles. The summed E-state index contributed by atoms with van der Waals surface area (Å²) in [7, 11) is 1.50. The van der Waals surface area contributed by atoms with Crippen LogP contribution in [0.25, 0.3) is 10.9 Å². The number of hydrogen-bond acceptors (Lipinski definition) is 4. The number of fused-ring (bicyclic) bond motifs is 1. The van der Waals surface area contributed by atoms with Crippen molar-refractivity contribution in [2.45, 2.75) is 92.9 Å². The second-order valence-electron chi connectivity index (χ2n) is 8.91. The monoisotopic (exact) mass is 567 g/mol. The molecule has 0 saturated heterocycles. The third-order valence-electron chi connectivity index (χ3n) is 6.66. The molecular weight excluding hydrogens is 521 g/mol. The number of carbonyl (C=O) groups excluding carboxylic acids is 1. The molecule has 0 bridgehead atoms. The van der Waals surface area contributed by atoms with Crippen molar-refractivity contribution in [1.29, 1.82) is 0 Å². The number of methoxy groups -OCH3 is 1. The van der Waals surface area contributed by atoms with Crippen LogP contribution >= 0.6 is 0 Å². The number of rotatable bonds is 16. The second kappa shape index (κ2) is 14.4. The van der Waals surface area contributed by atoms with Crippen LogP contribution in [0.2, 0.25) is 13.3 Å². The van der Waals surface area contributed by atoms with Crippen molar-refractivity contribution in [3.63, 3.8) is 0 Å². The van der Waals surface area contributed by atoms with E-state index in [1.165, 1.54) is 62.7 Å². The summed E-state index contributed by atoms with van der Waals surface area (Å²) in [6.45, 7) is 11.9. The Morgan fingerprint density at radius 1 is 0.879 bits per heavy atom. The van der Waals surface area contributed by atoms with E-state index in [0.717, 1.165) is 16.5 Å². The fourth-order valence-corrected chi connectivity index (χ4v) is 22.4. The molecule has 0 radical (unpaired) electrons. The van der Waals surface area contributed by atoms with Gasteiger partial charge in [-0.1, -0.05) is 0 Å². The normalized spacial score (nSPS) is 12.1. The predicted octanol–water partition coefficient (Wildman–Crippen LogP) is 7.01. The van der Waals surface area contributed by atoms with Gasteiger partial charge in [-0.15, -0.1) is 0 Å². The molecule has 2 rings (SSSR count). The van der Waals surface area contributed by atoms with Crippen LogP contribution in [0.1, 0.15) is 89.9 Å². The third kappa shape index (κ3) is 6.55. The minimum atomic E-state index is -3.11. The average molecular weight is 566 g/mol. The number of esters is 1. The first kappa shape index (κ1) is 28.2. The maximum absolute atomic E-state index is 13.4. The number of nitrogens with zero attached hydrogens (tertiary/aromatic N) is 1. The molecule has 33 heavy (non-hydrogen) atoms. The summed E-state index contributed by atoms with van der Waals surface area (Å²) in [5.41, 5.74) is 1.79. The zero-order chi connectivity index (χ0) is 24.3. The van der Waals surface area contributed by atoms with Gasteiger partial charge in [0.05, 0.1) is 0 Å². The average Bonchev–Trinajstić information content (AvgIpc) is 3.19. The molecule has 0 N–H and O–H groups in total. The van der Waals surface area contributed by atoms with E-state index in [2.05, 4.69) is 37.5 Å². The predicted molar refractivity (Wildman–Crippen MR) is 140 cm³/mol. The molecule has 0 amide bonds. The molecule has 0 aliphatic rings. The quantitative estimate of drug-likeness (QED) is 0.125. The Labute approximate surface area is 205 Å². The molecule has 1 aromatic carbocycles. The SMILES string of the molecule is CCC[CH2][Sn]([CH2]CCC)([CH2]CCC)[c]1c(C(=O)OC)c2ccccc2n1C(OCC)OCC. The second-order valence-corrected chi connectivity index (χ2v) is 21.9. The van der Waals surface area contributed by atoms with Crippen LogP contribution in [0.5, 0.6) is 0 Å². The van der Waals surface area contributed by atoms with Crippen molar-refractivity contribution in [2.75, 3.05) is 20.3 Å². The Bertz CT molecular complexity index is 835. The summed E-state index contributed by atoms with van der Waals surface area (Å²) >= 11 is -3.11. The Hall–Kier alpha value is -1.05. The molecule has 0 spiro atoms. The molecular formula is C27H45NO4Sn. The summed E-state index contributed by atoms with van der Waals surface area (Å²) in [6, 6.07) is 8.22. The summed E-state index contributed by atoms with van der Waals surface area (Å²) in [5, 5.41) is 0.967. The molecule has 1 aromatic heterocycles. The van der Waals surface area contributed by atoms with Crippen molar-refractivity contribution in [1.82, 2.24) is 4.57 Å². The van der Waals surface area contributed by atoms with Crippen molar-refractivity contribution in [3.05, 3.63) is 29.8 Å². The summed E-state index contributed by atoms with van der Waals surface area (Å²) in [4.78, 5) is 13.4. The van der Waals surface area contributed by atoms with Gasteiger partial charge in [0.1, 0.15) is 0 Å². The van der Waals surface area contributed by atoms with Crippen molar-refractivity contribution < 1.29 is 19.0 Å². The van der Waals surface area contributed by atoms with Gasteiger partial charge in [-0.3, -0.25) is 0 Å². The van der Waals surface area contributed by atoms with Crippen LogP contribution in [0.4, 0.5) is 0 Å². The first-order chi connectivity index (χ1) is 16.0. The molecule has 2 aromatic rings. The number of benzene rings is 1. The van der Waals surface area contributed by atoms with E-state index in [1.54, 1.807) is 0 Å². The third-order valence-corrected chi connectivity index (χ3v) is 22.1. The Kier molecular flexibility index (Phi) is 12.3. The van der Waals surface area contributed by atoms with Crippen LogP contribution in [-0.2, 0) is 14.2 Å². The molecule has 0 fully saturated rings. The van der Waals surface area contributed by atoms with Gasteiger partial charge in [0.2, 0.25) is 0 Å². The van der Waals surface area contributed by atoms with Gasteiger partial charge in [0.15, 0.2) is 0 Å². The Morgan fingerprint density at radius 3 is 1.85 bits per heavy atom. The zero-order valence-electron chi connectivity index (χ0n) is 21.7. The molecule has 186 valence electrons. The van der Waals surface area contributed by atoms with Crippen LogP contribution in [0.15, 0.2) is 24.3 Å². The van der Waals surface area contributed by atoms with Crippen molar-refractivity contribution >= 4 is 39.0 Å². The van der Waals surface area contributed by atoms with Gasteiger partial charge in [-0.25, -0.2) is 0 Å². The van der Waals surface area contributed by atoms with E-state index in [0.29, 0.717) is 13.2 Å². The Balaban J connectivity index is 2.97. The molecule has 1 heterocycles. The van der Waals surface area contributed by atoms with Gasteiger partial charge in [0.25, 0.3) is 0 Å². The minimum absolute atomic E-state index is 0.225. The Morgan fingerprint density at radius 2 is 1.39 bits per heavy atom. The van der Waals surface area contributed by atoms with Crippen molar-refractivity contribution in [2.24, 2.45) is 0 Å². The maximum atomic E-state index is 13.4. The van der Waals surface area contributed by atoms with Gasteiger partial charge in [0, 0.05) is 0 Å². The first-order valence-electron chi connectivity index (χ1n) is 13.0. The number of aromatic nitrogens is 1. The summed E-state index contributed by atoms with van der Waals surface area (Å²) < 4.78 is 25.0. The van der Waals surface area contributed by atoms with Crippen LogP contribution in [0.3, 0.4) is 0 Å². The number of hydrogen-bond donors (Lipinski definition) is 0. The number of unbranched alkanes of at least 4 members (excludes halogenated alkanes) is 3. The molecule has 0 aliphatic heterocycles. The van der Waals surface area contributed by atoms with E-state index < -0.39 is 24.8 Å². The zero-order valence-corrected chi connectivity index (χ0v) is 24.6. The fraction of sp³-hybridized carbons (Fsp3) is 0.667. The van der Waals surface area contributed by atoms with Crippen molar-refractivity contribution in [3.8, 4) is 0 Å². The number of para-hydroxylation sites is 1. The van der Waals surface area contributed by atoms with Gasteiger partial charge >= 0.3 is 206 Å². The van der Waals surface area contributed by atoms with E-state index in [4.69, 9.17) is 14.2 Å². The standard InChI is InChI=1S/C15H18NO4.3C4H9.Sn/c1-4-19-15(20-5-2)16-10-12(14(17)18-3)11-8-6-7-9-13(11)16;3*1-3-4-2;/h6-9,15H,4-5H2,1-3H3;3*1,3-4H2,2H3;. The topological polar surface area (TPSA) is 49.7 Å².